The predicted molar refractivity (Wildman–Crippen MR) is 72.1 cm³/mol. The van der Waals surface area contributed by atoms with Crippen molar-refractivity contribution in [1.29, 1.82) is 5.26 Å². The van der Waals surface area contributed by atoms with Crippen molar-refractivity contribution < 1.29 is 17.6 Å². The lowest BCUT2D eigenvalue weighted by molar-refractivity contribution is -0.119. The van der Waals surface area contributed by atoms with E-state index in [1.54, 1.807) is 6.07 Å². The molecule has 0 bridgehead atoms. The van der Waals surface area contributed by atoms with Gasteiger partial charge >= 0.3 is 0 Å². The van der Waals surface area contributed by atoms with E-state index >= 15 is 0 Å². The first kappa shape index (κ1) is 15.4. The van der Waals surface area contributed by atoms with Gasteiger partial charge in [0.1, 0.15) is 22.3 Å². The van der Waals surface area contributed by atoms with Crippen LogP contribution >= 0.6 is 0 Å². The third-order valence-electron chi connectivity index (χ3n) is 3.26. The number of hydrogen-bond acceptors (Lipinski definition) is 4. The number of nitriles is 1. The van der Waals surface area contributed by atoms with E-state index in [1.807, 2.05) is 0 Å². The molecule has 0 saturated carbocycles. The largest absolute Gasteiger partial charge is 0.352 e. The molecule has 1 atom stereocenters. The molecule has 2 rings (SSSR count). The van der Waals surface area contributed by atoms with Gasteiger partial charge in [0.15, 0.2) is 0 Å². The summed E-state index contributed by atoms with van der Waals surface area (Å²) >= 11 is 0. The Labute approximate surface area is 122 Å². The quantitative estimate of drug-likeness (QED) is 0.885. The molecule has 1 unspecified atom stereocenters. The van der Waals surface area contributed by atoms with Crippen LogP contribution in [0.2, 0.25) is 0 Å². The molecule has 112 valence electrons. The molecule has 1 heterocycles. The Balaban J connectivity index is 2.31. The van der Waals surface area contributed by atoms with Gasteiger partial charge in [0.2, 0.25) is 15.9 Å². The zero-order valence-electron chi connectivity index (χ0n) is 11.3. The van der Waals surface area contributed by atoms with Crippen molar-refractivity contribution in [3.8, 4) is 6.07 Å². The van der Waals surface area contributed by atoms with E-state index in [0.29, 0.717) is 6.42 Å². The Hall–Kier alpha value is -1.98. The van der Waals surface area contributed by atoms with Gasteiger partial charge in [-0.1, -0.05) is 6.07 Å². The van der Waals surface area contributed by atoms with Gasteiger partial charge < -0.3 is 5.32 Å². The number of nitrogens with one attached hydrogen (secondary N) is 1. The van der Waals surface area contributed by atoms with Crippen molar-refractivity contribution in [3.63, 3.8) is 0 Å². The van der Waals surface area contributed by atoms with Gasteiger partial charge in [-0.25, -0.2) is 12.8 Å². The molecule has 1 N–H and O–H groups in total. The first-order valence-electron chi connectivity index (χ1n) is 6.32. The van der Waals surface area contributed by atoms with Crippen LogP contribution in [0.5, 0.6) is 0 Å². The number of carbonyl (C=O) groups excluding carboxylic acids is 1. The number of rotatable bonds is 3. The summed E-state index contributed by atoms with van der Waals surface area (Å²) in [6.07, 6.45) is 0.482. The molecule has 8 heteroatoms. The van der Waals surface area contributed by atoms with E-state index in [0.717, 1.165) is 10.4 Å². The molecular weight excluding hydrogens is 297 g/mol. The molecule has 1 amide bonds. The van der Waals surface area contributed by atoms with Crippen LogP contribution in [-0.4, -0.2) is 37.8 Å². The number of hydrogen-bond donors (Lipinski definition) is 1. The van der Waals surface area contributed by atoms with Crippen LogP contribution in [0.1, 0.15) is 18.9 Å². The van der Waals surface area contributed by atoms with Crippen molar-refractivity contribution in [2.75, 3.05) is 13.1 Å². The highest BCUT2D eigenvalue weighted by Gasteiger charge is 2.34. The first-order valence-corrected chi connectivity index (χ1v) is 7.76. The molecule has 1 aromatic rings. The lowest BCUT2D eigenvalue weighted by Gasteiger charge is -2.17. The van der Waals surface area contributed by atoms with E-state index in [9.17, 15) is 17.6 Å². The highest BCUT2D eigenvalue weighted by Crippen LogP contribution is 2.25. The van der Waals surface area contributed by atoms with Gasteiger partial charge in [0.05, 0.1) is 0 Å². The highest BCUT2D eigenvalue weighted by molar-refractivity contribution is 7.89. The summed E-state index contributed by atoms with van der Waals surface area (Å²) in [5.41, 5.74) is -0.486. The van der Waals surface area contributed by atoms with Crippen LogP contribution in [0, 0.1) is 17.1 Å². The van der Waals surface area contributed by atoms with Crippen LogP contribution in [-0.2, 0) is 14.8 Å². The summed E-state index contributed by atoms with van der Waals surface area (Å²) < 4.78 is 39.7. The Kier molecular flexibility index (Phi) is 4.25. The number of carbonyl (C=O) groups is 1. The SMILES string of the molecule is CC(=O)NC1CCN(S(=O)(=O)c2cccc(F)c2C#N)C1. The maximum absolute atomic E-state index is 13.6. The number of benzene rings is 1. The third-order valence-corrected chi connectivity index (χ3v) is 5.17. The normalized spacial score (nSPS) is 19.2. The second-order valence-corrected chi connectivity index (χ2v) is 6.68. The van der Waals surface area contributed by atoms with E-state index < -0.39 is 21.4 Å². The molecule has 0 radical (unpaired) electrons. The molecule has 6 nitrogen and oxygen atoms in total. The first-order chi connectivity index (χ1) is 9.86. The Morgan fingerprint density at radius 1 is 1.52 bits per heavy atom. The summed E-state index contributed by atoms with van der Waals surface area (Å²) in [4.78, 5) is 10.7. The van der Waals surface area contributed by atoms with Gasteiger partial charge in [0.25, 0.3) is 0 Å². The average Bonchev–Trinajstić information content (AvgIpc) is 2.86. The molecule has 1 fully saturated rings. The number of nitrogens with zero attached hydrogens (tertiary/aromatic N) is 2. The van der Waals surface area contributed by atoms with Crippen molar-refractivity contribution >= 4 is 15.9 Å². The third kappa shape index (κ3) is 3.04. The minimum Gasteiger partial charge on any atom is -0.352 e. The van der Waals surface area contributed by atoms with Gasteiger partial charge in [-0.05, 0) is 18.6 Å². The summed E-state index contributed by atoms with van der Waals surface area (Å²) in [5.74, 6) is -1.10. The standard InChI is InChI=1S/C13H14FN3O3S/c1-9(18)16-10-5-6-17(8-10)21(19,20)13-4-2-3-12(14)11(13)7-15/h2-4,10H,5-6,8H2,1H3,(H,16,18). The number of amides is 1. The maximum atomic E-state index is 13.6. The van der Waals surface area contributed by atoms with Crippen molar-refractivity contribution in [2.45, 2.75) is 24.3 Å². The van der Waals surface area contributed by atoms with Crippen LogP contribution in [0.3, 0.4) is 0 Å². The highest BCUT2D eigenvalue weighted by atomic mass is 32.2. The molecular formula is C13H14FN3O3S. The fraction of sp³-hybridized carbons (Fsp3) is 0.385. The molecule has 0 aromatic heterocycles. The van der Waals surface area contributed by atoms with Gasteiger partial charge in [0, 0.05) is 26.1 Å². The van der Waals surface area contributed by atoms with E-state index in [4.69, 9.17) is 5.26 Å². The minimum atomic E-state index is -3.95. The minimum absolute atomic E-state index is 0.114. The van der Waals surface area contributed by atoms with Crippen LogP contribution < -0.4 is 5.32 Å². The van der Waals surface area contributed by atoms with Crippen molar-refractivity contribution in [2.24, 2.45) is 0 Å². The van der Waals surface area contributed by atoms with Crippen LogP contribution in [0.15, 0.2) is 23.1 Å². The molecule has 0 aliphatic carbocycles. The molecule has 1 aromatic carbocycles. The zero-order valence-corrected chi connectivity index (χ0v) is 12.2. The Bertz CT molecular complexity index is 712. The maximum Gasteiger partial charge on any atom is 0.244 e. The average molecular weight is 311 g/mol. The Morgan fingerprint density at radius 2 is 2.24 bits per heavy atom. The summed E-state index contributed by atoms with van der Waals surface area (Å²) in [7, 11) is -3.95. The molecule has 21 heavy (non-hydrogen) atoms. The lowest BCUT2D eigenvalue weighted by Crippen LogP contribution is -2.37. The second kappa shape index (κ2) is 5.79. The van der Waals surface area contributed by atoms with E-state index in [2.05, 4.69) is 5.32 Å². The monoisotopic (exact) mass is 311 g/mol. The van der Waals surface area contributed by atoms with E-state index in [-0.39, 0.29) is 29.9 Å². The van der Waals surface area contributed by atoms with Gasteiger partial charge in [-0.3, -0.25) is 4.79 Å². The number of sulfonamides is 1. The van der Waals surface area contributed by atoms with Crippen LogP contribution in [0.4, 0.5) is 4.39 Å². The fourth-order valence-electron chi connectivity index (χ4n) is 2.32. The molecule has 1 aliphatic heterocycles. The topological polar surface area (TPSA) is 90.3 Å². The molecule has 1 saturated heterocycles. The second-order valence-electron chi connectivity index (χ2n) is 4.77. The fourth-order valence-corrected chi connectivity index (χ4v) is 3.97. The molecule has 1 aliphatic rings. The smallest absolute Gasteiger partial charge is 0.244 e. The van der Waals surface area contributed by atoms with Gasteiger partial charge in [-0.15, -0.1) is 0 Å². The lowest BCUT2D eigenvalue weighted by atomic mass is 10.2. The van der Waals surface area contributed by atoms with Crippen molar-refractivity contribution in [1.82, 2.24) is 9.62 Å². The Morgan fingerprint density at radius 3 is 2.86 bits per heavy atom. The number of halogens is 1. The summed E-state index contributed by atoms with van der Waals surface area (Å²) in [6.45, 7) is 1.69. The zero-order chi connectivity index (χ0) is 15.6. The summed E-state index contributed by atoms with van der Waals surface area (Å²) in [6, 6.07) is 4.83. The predicted octanol–water partition coefficient (Wildman–Crippen LogP) is 0.596. The van der Waals surface area contributed by atoms with Crippen molar-refractivity contribution in [3.05, 3.63) is 29.6 Å². The van der Waals surface area contributed by atoms with Gasteiger partial charge in [-0.2, -0.15) is 9.57 Å². The summed E-state index contributed by atoms with van der Waals surface area (Å²) in [5, 5.41) is 11.6. The molecule has 0 spiro atoms. The van der Waals surface area contributed by atoms with E-state index in [1.165, 1.54) is 19.1 Å². The van der Waals surface area contributed by atoms with Crippen LogP contribution in [0.25, 0.3) is 0 Å².